The lowest BCUT2D eigenvalue weighted by atomic mass is 10.6. The Morgan fingerprint density at radius 3 is 3.18 bits per heavy atom. The summed E-state index contributed by atoms with van der Waals surface area (Å²) < 4.78 is 1.10. The molecule has 0 radical (unpaired) electrons. The van der Waals surface area contributed by atoms with Gasteiger partial charge < -0.3 is 4.98 Å². The summed E-state index contributed by atoms with van der Waals surface area (Å²) in [5, 5.41) is 3.74. The summed E-state index contributed by atoms with van der Waals surface area (Å²) >= 11 is 4.13. The van der Waals surface area contributed by atoms with Crippen molar-refractivity contribution in [1.82, 2.24) is 15.3 Å². The first-order valence-corrected chi connectivity index (χ1v) is 5.54. The molecule has 3 nitrogen and oxygen atoms in total. The lowest BCUT2D eigenvalue weighted by Gasteiger charge is -2.03. The number of rotatable bonds is 1. The number of nitrogens with one attached hydrogen (secondary N) is 2. The molecule has 0 bridgehead atoms. The van der Waals surface area contributed by atoms with Gasteiger partial charge in [-0.05, 0) is 22.6 Å². The maximum atomic E-state index is 4.25. The van der Waals surface area contributed by atoms with Gasteiger partial charge in [0.1, 0.15) is 11.2 Å². The normalized spacial score (nSPS) is 24.3. The summed E-state index contributed by atoms with van der Waals surface area (Å²) in [6.45, 7) is 1.09. The molecule has 1 fully saturated rings. The van der Waals surface area contributed by atoms with Crippen LogP contribution in [-0.4, -0.2) is 22.3 Å². The van der Waals surface area contributed by atoms with E-state index >= 15 is 0 Å². The zero-order valence-electron chi connectivity index (χ0n) is 5.80. The third-order valence-corrected chi connectivity index (χ3v) is 3.24. The average Bonchev–Trinajstić information content (AvgIpc) is 2.55. The lowest BCUT2D eigenvalue weighted by molar-refractivity contribution is 0.717. The van der Waals surface area contributed by atoms with Crippen LogP contribution in [0.5, 0.6) is 0 Å². The number of hydrogen-bond donors (Lipinski definition) is 2. The zero-order valence-corrected chi connectivity index (χ0v) is 8.78. The van der Waals surface area contributed by atoms with Crippen molar-refractivity contribution in [1.29, 1.82) is 0 Å². The molecule has 0 amide bonds. The number of halogens is 1. The van der Waals surface area contributed by atoms with Crippen LogP contribution < -0.4 is 5.32 Å². The third kappa shape index (κ3) is 1.70. The van der Waals surface area contributed by atoms with E-state index in [0.29, 0.717) is 5.37 Å². The predicted octanol–water partition coefficient (Wildman–Crippen LogP) is 1.35. The van der Waals surface area contributed by atoms with Gasteiger partial charge in [-0.3, -0.25) is 5.32 Å². The van der Waals surface area contributed by atoms with Gasteiger partial charge in [0.05, 0.1) is 9.90 Å². The molecule has 1 aliphatic heterocycles. The van der Waals surface area contributed by atoms with Crippen molar-refractivity contribution < 1.29 is 0 Å². The van der Waals surface area contributed by atoms with Crippen LogP contribution in [0.15, 0.2) is 6.20 Å². The Hall–Kier alpha value is 0.250. The molecule has 2 rings (SSSR count). The van der Waals surface area contributed by atoms with E-state index < -0.39 is 0 Å². The van der Waals surface area contributed by atoms with Gasteiger partial charge in [-0.25, -0.2) is 4.98 Å². The van der Waals surface area contributed by atoms with Crippen molar-refractivity contribution in [2.24, 2.45) is 0 Å². The molecule has 5 heteroatoms. The number of thioether (sulfide) groups is 1. The fourth-order valence-corrected chi connectivity index (χ4v) is 2.45. The second kappa shape index (κ2) is 3.32. The number of aromatic amines is 1. The Balaban J connectivity index is 2.15. The molecule has 1 aliphatic rings. The highest BCUT2D eigenvalue weighted by atomic mass is 127. The highest BCUT2D eigenvalue weighted by Crippen LogP contribution is 2.27. The van der Waals surface area contributed by atoms with Crippen LogP contribution in [0.1, 0.15) is 11.2 Å². The molecule has 2 heterocycles. The Labute approximate surface area is 82.9 Å². The maximum absolute atomic E-state index is 4.25. The Morgan fingerprint density at radius 1 is 1.73 bits per heavy atom. The van der Waals surface area contributed by atoms with Crippen molar-refractivity contribution in [2.45, 2.75) is 5.37 Å². The molecule has 0 unspecified atom stereocenters. The van der Waals surface area contributed by atoms with E-state index in [1.54, 1.807) is 0 Å². The molecule has 0 spiro atoms. The quantitative estimate of drug-likeness (QED) is 0.763. The summed E-state index contributed by atoms with van der Waals surface area (Å²) in [6.07, 6.45) is 1.86. The van der Waals surface area contributed by atoms with Gasteiger partial charge in [-0.2, -0.15) is 0 Å². The van der Waals surface area contributed by atoms with Crippen LogP contribution in [0.2, 0.25) is 0 Å². The summed E-state index contributed by atoms with van der Waals surface area (Å²) in [4.78, 5) is 7.46. The minimum absolute atomic E-state index is 0.388. The Bertz CT molecular complexity index is 244. The molecule has 0 aliphatic carbocycles. The third-order valence-electron chi connectivity index (χ3n) is 1.53. The van der Waals surface area contributed by atoms with Crippen LogP contribution in [0.3, 0.4) is 0 Å². The van der Waals surface area contributed by atoms with Crippen LogP contribution in [0.4, 0.5) is 0 Å². The zero-order chi connectivity index (χ0) is 7.68. The smallest absolute Gasteiger partial charge is 0.134 e. The Kier molecular flexibility index (Phi) is 2.38. The van der Waals surface area contributed by atoms with E-state index in [2.05, 4.69) is 37.9 Å². The second-order valence-corrected chi connectivity index (χ2v) is 4.70. The minimum Gasteiger partial charge on any atom is -0.335 e. The highest BCUT2D eigenvalue weighted by molar-refractivity contribution is 14.1. The number of H-pyrrole nitrogens is 1. The number of nitrogens with zero attached hydrogens (tertiary/aromatic N) is 1. The first-order chi connectivity index (χ1) is 5.36. The maximum Gasteiger partial charge on any atom is 0.134 e. The van der Waals surface area contributed by atoms with Crippen molar-refractivity contribution >= 4 is 34.4 Å². The second-order valence-electron chi connectivity index (χ2n) is 2.32. The summed E-state index contributed by atoms with van der Waals surface area (Å²) in [5.74, 6) is 2.24. The first kappa shape index (κ1) is 7.88. The van der Waals surface area contributed by atoms with Gasteiger partial charge >= 0.3 is 0 Å². The molecule has 2 N–H and O–H groups in total. The molecule has 11 heavy (non-hydrogen) atoms. The largest absolute Gasteiger partial charge is 0.335 e. The molecule has 0 aromatic carbocycles. The van der Waals surface area contributed by atoms with Crippen molar-refractivity contribution in [3.05, 3.63) is 15.7 Å². The van der Waals surface area contributed by atoms with E-state index in [9.17, 15) is 0 Å². The monoisotopic (exact) mass is 281 g/mol. The van der Waals surface area contributed by atoms with Crippen LogP contribution in [-0.2, 0) is 0 Å². The fourth-order valence-electron chi connectivity index (χ4n) is 1.05. The molecule has 60 valence electrons. The molecule has 1 saturated heterocycles. The Morgan fingerprint density at radius 2 is 2.64 bits per heavy atom. The number of aromatic nitrogens is 2. The predicted molar refractivity (Wildman–Crippen MR) is 54.5 cm³/mol. The van der Waals surface area contributed by atoms with E-state index in [-0.39, 0.29) is 0 Å². The van der Waals surface area contributed by atoms with Crippen LogP contribution in [0, 0.1) is 3.70 Å². The standard InChI is InChI=1S/C6H8IN3S/c7-4-3-9-5(10-4)6-8-1-2-11-6/h3,6,8H,1-2H2,(H,9,10)/t6-/m0/s1. The van der Waals surface area contributed by atoms with Crippen LogP contribution in [0.25, 0.3) is 0 Å². The SMILES string of the molecule is Ic1cnc([C@H]2NCCS2)[nH]1. The van der Waals surface area contributed by atoms with E-state index in [0.717, 1.165) is 16.1 Å². The molecule has 0 saturated carbocycles. The van der Waals surface area contributed by atoms with Crippen molar-refractivity contribution in [3.63, 3.8) is 0 Å². The minimum atomic E-state index is 0.388. The van der Waals surface area contributed by atoms with E-state index in [4.69, 9.17) is 0 Å². The van der Waals surface area contributed by atoms with E-state index in [1.165, 1.54) is 5.75 Å². The van der Waals surface area contributed by atoms with E-state index in [1.807, 2.05) is 18.0 Å². The number of imidazole rings is 1. The average molecular weight is 281 g/mol. The molecule has 1 aromatic heterocycles. The summed E-state index contributed by atoms with van der Waals surface area (Å²) in [7, 11) is 0. The van der Waals surface area contributed by atoms with Gasteiger partial charge in [0.25, 0.3) is 0 Å². The summed E-state index contributed by atoms with van der Waals surface area (Å²) in [6, 6.07) is 0. The molecule has 1 atom stereocenters. The van der Waals surface area contributed by atoms with Gasteiger partial charge in [0.2, 0.25) is 0 Å². The van der Waals surface area contributed by atoms with Crippen molar-refractivity contribution in [2.75, 3.05) is 12.3 Å². The topological polar surface area (TPSA) is 40.7 Å². The molecular weight excluding hydrogens is 273 g/mol. The summed E-state index contributed by atoms with van der Waals surface area (Å²) in [5.41, 5.74) is 0. The molecular formula is C6H8IN3S. The van der Waals surface area contributed by atoms with Gasteiger partial charge in [0, 0.05) is 12.3 Å². The lowest BCUT2D eigenvalue weighted by Crippen LogP contribution is -2.13. The number of hydrogen-bond acceptors (Lipinski definition) is 3. The van der Waals surface area contributed by atoms with Gasteiger partial charge in [-0.1, -0.05) is 0 Å². The highest BCUT2D eigenvalue weighted by Gasteiger charge is 2.18. The van der Waals surface area contributed by atoms with Crippen molar-refractivity contribution in [3.8, 4) is 0 Å². The van der Waals surface area contributed by atoms with Gasteiger partial charge in [0.15, 0.2) is 0 Å². The van der Waals surface area contributed by atoms with Gasteiger partial charge in [-0.15, -0.1) is 11.8 Å². The molecule has 1 aromatic rings. The fraction of sp³-hybridized carbons (Fsp3) is 0.500. The van der Waals surface area contributed by atoms with Crippen LogP contribution >= 0.6 is 34.4 Å². The first-order valence-electron chi connectivity index (χ1n) is 3.41.